The fraction of sp³-hybridized carbons (Fsp3) is 0. The van der Waals surface area contributed by atoms with E-state index in [1.54, 1.807) is 6.07 Å². The van der Waals surface area contributed by atoms with Gasteiger partial charge in [0.15, 0.2) is 0 Å². The Morgan fingerprint density at radius 3 is 1.71 bits per heavy atom. The number of hydrogen-bond donors (Lipinski definition) is 3. The molecule has 0 aliphatic carbocycles. The Kier molecular flexibility index (Phi) is 3.71. The summed E-state index contributed by atoms with van der Waals surface area (Å²) in [7, 11) is 0. The van der Waals surface area contributed by atoms with Crippen LogP contribution in [0.2, 0.25) is 0 Å². The largest absolute Gasteiger partial charge is 0.478 e. The first-order valence-electron chi connectivity index (χ1n) is 5.84. The Balaban J connectivity index is 2.72. The van der Waals surface area contributed by atoms with E-state index in [9.17, 15) is 14.4 Å². The average molecular weight is 286 g/mol. The lowest BCUT2D eigenvalue weighted by Crippen LogP contribution is -2.04. The molecule has 21 heavy (non-hydrogen) atoms. The molecule has 0 saturated heterocycles. The summed E-state index contributed by atoms with van der Waals surface area (Å²) in [5, 5.41) is 27.2. The van der Waals surface area contributed by atoms with Crippen molar-refractivity contribution in [3.63, 3.8) is 0 Å². The zero-order valence-electron chi connectivity index (χ0n) is 10.6. The molecular weight excluding hydrogens is 276 g/mol. The normalized spacial score (nSPS) is 10.1. The zero-order valence-corrected chi connectivity index (χ0v) is 10.6. The van der Waals surface area contributed by atoms with E-state index >= 15 is 0 Å². The van der Waals surface area contributed by atoms with Gasteiger partial charge in [-0.15, -0.1) is 0 Å². The number of hydrogen-bond acceptors (Lipinski definition) is 3. The van der Waals surface area contributed by atoms with Gasteiger partial charge in [0.2, 0.25) is 0 Å². The van der Waals surface area contributed by atoms with Crippen LogP contribution < -0.4 is 0 Å². The van der Waals surface area contributed by atoms with Gasteiger partial charge in [0.25, 0.3) is 0 Å². The number of carboxylic acid groups (broad SMARTS) is 3. The van der Waals surface area contributed by atoms with E-state index in [0.29, 0.717) is 0 Å². The third-order valence-corrected chi connectivity index (χ3v) is 2.90. The molecule has 0 atom stereocenters. The van der Waals surface area contributed by atoms with Gasteiger partial charge < -0.3 is 15.3 Å². The van der Waals surface area contributed by atoms with E-state index < -0.39 is 17.9 Å². The van der Waals surface area contributed by atoms with Crippen molar-refractivity contribution in [1.82, 2.24) is 0 Å². The molecule has 3 N–H and O–H groups in total. The number of carboxylic acids is 3. The third-order valence-electron chi connectivity index (χ3n) is 2.90. The van der Waals surface area contributed by atoms with Crippen molar-refractivity contribution in [2.45, 2.75) is 0 Å². The van der Waals surface area contributed by atoms with E-state index in [0.717, 1.165) is 6.07 Å². The van der Waals surface area contributed by atoms with Gasteiger partial charge in [0, 0.05) is 0 Å². The summed E-state index contributed by atoms with van der Waals surface area (Å²) in [4.78, 5) is 33.3. The predicted molar refractivity (Wildman–Crippen MR) is 72.8 cm³/mol. The van der Waals surface area contributed by atoms with Crippen molar-refractivity contribution in [2.75, 3.05) is 0 Å². The van der Waals surface area contributed by atoms with E-state index in [1.807, 2.05) is 0 Å². The molecule has 0 unspecified atom stereocenters. The highest BCUT2D eigenvalue weighted by Gasteiger charge is 2.16. The van der Waals surface area contributed by atoms with Crippen molar-refractivity contribution in [3.8, 4) is 11.1 Å². The van der Waals surface area contributed by atoms with Crippen LogP contribution in [0.3, 0.4) is 0 Å². The maximum atomic E-state index is 11.2. The van der Waals surface area contributed by atoms with Crippen LogP contribution in [-0.4, -0.2) is 33.2 Å². The lowest BCUT2D eigenvalue weighted by molar-refractivity contribution is 0.0683. The van der Waals surface area contributed by atoms with Gasteiger partial charge in [-0.3, -0.25) is 0 Å². The molecule has 2 aromatic rings. The monoisotopic (exact) mass is 286 g/mol. The van der Waals surface area contributed by atoms with Crippen LogP contribution >= 0.6 is 0 Å². The summed E-state index contributed by atoms with van der Waals surface area (Å²) in [5.74, 6) is -3.75. The van der Waals surface area contributed by atoms with Crippen molar-refractivity contribution >= 4 is 17.9 Å². The first-order chi connectivity index (χ1) is 9.90. The van der Waals surface area contributed by atoms with Crippen LogP contribution in [0.1, 0.15) is 31.1 Å². The summed E-state index contributed by atoms with van der Waals surface area (Å²) in [6.45, 7) is 0. The van der Waals surface area contributed by atoms with E-state index in [2.05, 4.69) is 0 Å². The molecule has 0 aliphatic heterocycles. The minimum atomic E-state index is -1.29. The van der Waals surface area contributed by atoms with Gasteiger partial charge in [-0.25, -0.2) is 14.4 Å². The molecule has 0 bridgehead atoms. The molecule has 6 nitrogen and oxygen atoms in total. The summed E-state index contributed by atoms with van der Waals surface area (Å²) in [5.41, 5.74) is 0.0208. The zero-order chi connectivity index (χ0) is 15.6. The Hall–Kier alpha value is -3.15. The van der Waals surface area contributed by atoms with Crippen molar-refractivity contribution in [1.29, 1.82) is 0 Å². The fourth-order valence-electron chi connectivity index (χ4n) is 1.95. The summed E-state index contributed by atoms with van der Waals surface area (Å²) >= 11 is 0. The lowest BCUT2D eigenvalue weighted by Gasteiger charge is -2.08. The van der Waals surface area contributed by atoms with Crippen LogP contribution in [0.4, 0.5) is 0 Å². The molecular formula is C15H10O6. The van der Waals surface area contributed by atoms with E-state index in [4.69, 9.17) is 15.3 Å². The summed E-state index contributed by atoms with van der Waals surface area (Å²) in [6, 6.07) is 9.51. The molecule has 0 fully saturated rings. The minimum Gasteiger partial charge on any atom is -0.478 e. The van der Waals surface area contributed by atoms with E-state index in [1.165, 1.54) is 30.3 Å². The third kappa shape index (κ3) is 2.89. The molecule has 0 heterocycles. The van der Waals surface area contributed by atoms with E-state index in [-0.39, 0.29) is 27.8 Å². The number of carbonyl (C=O) groups is 3. The highest BCUT2D eigenvalue weighted by atomic mass is 16.4. The highest BCUT2D eigenvalue weighted by molar-refractivity contribution is 6.00. The summed E-state index contributed by atoms with van der Waals surface area (Å²) in [6.07, 6.45) is 0. The smallest absolute Gasteiger partial charge is 0.336 e. The van der Waals surface area contributed by atoms with Crippen LogP contribution in [0, 0.1) is 0 Å². The first-order valence-corrected chi connectivity index (χ1v) is 5.84. The molecule has 0 spiro atoms. The molecule has 6 heteroatoms. The predicted octanol–water partition coefficient (Wildman–Crippen LogP) is 2.45. The molecule has 0 radical (unpaired) electrons. The van der Waals surface area contributed by atoms with Crippen molar-refractivity contribution in [3.05, 3.63) is 59.2 Å². The topological polar surface area (TPSA) is 112 Å². The van der Waals surface area contributed by atoms with Crippen LogP contribution in [0.25, 0.3) is 11.1 Å². The van der Waals surface area contributed by atoms with Gasteiger partial charge >= 0.3 is 17.9 Å². The Morgan fingerprint density at radius 2 is 1.24 bits per heavy atom. The van der Waals surface area contributed by atoms with Gasteiger partial charge in [-0.2, -0.15) is 0 Å². The maximum Gasteiger partial charge on any atom is 0.336 e. The number of benzene rings is 2. The fourth-order valence-corrected chi connectivity index (χ4v) is 1.95. The molecule has 0 amide bonds. The van der Waals surface area contributed by atoms with Crippen LogP contribution in [-0.2, 0) is 0 Å². The Morgan fingerprint density at radius 1 is 0.714 bits per heavy atom. The lowest BCUT2D eigenvalue weighted by atomic mass is 9.96. The molecule has 106 valence electrons. The van der Waals surface area contributed by atoms with Gasteiger partial charge in [-0.05, 0) is 35.4 Å². The molecule has 2 aromatic carbocycles. The number of aromatic carboxylic acids is 3. The average Bonchev–Trinajstić information content (AvgIpc) is 2.46. The van der Waals surface area contributed by atoms with Gasteiger partial charge in [0.05, 0.1) is 16.7 Å². The van der Waals surface area contributed by atoms with Crippen molar-refractivity contribution < 1.29 is 29.7 Å². The van der Waals surface area contributed by atoms with Crippen molar-refractivity contribution in [2.24, 2.45) is 0 Å². The standard InChI is InChI=1S/C15H10O6/c16-13(17)9-5-8(6-10(7-9)14(18)19)11-3-1-2-4-12(11)15(20)21/h1-7H,(H,16,17)(H,18,19)(H,20,21). The Bertz CT molecular complexity index is 715. The van der Waals surface area contributed by atoms with Gasteiger partial charge in [-0.1, -0.05) is 18.2 Å². The Labute approximate surface area is 118 Å². The maximum absolute atomic E-state index is 11.2. The van der Waals surface area contributed by atoms with Gasteiger partial charge in [0.1, 0.15) is 0 Å². The van der Waals surface area contributed by atoms with Crippen LogP contribution in [0.15, 0.2) is 42.5 Å². The summed E-state index contributed by atoms with van der Waals surface area (Å²) < 4.78 is 0. The second-order valence-electron chi connectivity index (χ2n) is 4.26. The SMILES string of the molecule is O=C(O)c1cc(C(=O)O)cc(-c2ccccc2C(=O)O)c1. The second-order valence-corrected chi connectivity index (χ2v) is 4.26. The minimum absolute atomic E-state index is 0.0311. The quantitative estimate of drug-likeness (QED) is 0.795. The second kappa shape index (κ2) is 5.46. The first kappa shape index (κ1) is 14.3. The molecule has 2 rings (SSSR count). The van der Waals surface area contributed by atoms with Crippen LogP contribution in [0.5, 0.6) is 0 Å². The molecule has 0 aliphatic rings. The highest BCUT2D eigenvalue weighted by Crippen LogP contribution is 2.26. The molecule has 0 aromatic heterocycles. The molecule has 0 saturated carbocycles. The number of rotatable bonds is 4.